The summed E-state index contributed by atoms with van der Waals surface area (Å²) in [7, 11) is 0. The van der Waals surface area contributed by atoms with Crippen LogP contribution in [-0.2, 0) is 6.54 Å². The van der Waals surface area contributed by atoms with E-state index in [1.54, 1.807) is 12.4 Å². The number of anilines is 1. The maximum Gasteiger partial charge on any atom is 0.225 e. The quantitative estimate of drug-likeness (QED) is 0.624. The maximum atomic E-state index is 4.47. The largest absolute Gasteiger partial charge is 0.341 e. The summed E-state index contributed by atoms with van der Waals surface area (Å²) in [5, 5.41) is 3.48. The number of nitrogens with one attached hydrogen (secondary N) is 2. The highest BCUT2D eigenvalue weighted by molar-refractivity contribution is 5.57. The number of hydrogen-bond donors (Lipinski definition) is 2. The standard InChI is InChI=1S/C20H25N7/c1-2-5-17(6-3-1)18-15-24-19(25-18)16-21-9-10-26-11-13-27(14-12-26)20-22-7-4-8-23-20/h1-8,15,21H,9-14,16H2,(H,24,25). The van der Waals surface area contributed by atoms with E-state index in [2.05, 4.69) is 47.2 Å². The van der Waals surface area contributed by atoms with Gasteiger partial charge in [-0.1, -0.05) is 30.3 Å². The van der Waals surface area contributed by atoms with Gasteiger partial charge in [0.15, 0.2) is 0 Å². The van der Waals surface area contributed by atoms with Crippen LogP contribution < -0.4 is 10.2 Å². The molecule has 1 fully saturated rings. The second-order valence-corrected chi connectivity index (χ2v) is 6.66. The van der Waals surface area contributed by atoms with E-state index in [0.717, 1.165) is 68.8 Å². The van der Waals surface area contributed by atoms with Gasteiger partial charge in [0.2, 0.25) is 5.95 Å². The molecule has 0 unspecified atom stereocenters. The van der Waals surface area contributed by atoms with Gasteiger partial charge >= 0.3 is 0 Å². The molecule has 0 amide bonds. The smallest absolute Gasteiger partial charge is 0.225 e. The van der Waals surface area contributed by atoms with E-state index < -0.39 is 0 Å². The van der Waals surface area contributed by atoms with Crippen LogP contribution in [-0.4, -0.2) is 64.1 Å². The van der Waals surface area contributed by atoms with Crippen LogP contribution in [0.4, 0.5) is 5.95 Å². The fraction of sp³-hybridized carbons (Fsp3) is 0.350. The molecule has 1 aliphatic rings. The van der Waals surface area contributed by atoms with Gasteiger partial charge in [0.1, 0.15) is 5.82 Å². The molecular formula is C20H25N7. The molecule has 0 aliphatic carbocycles. The maximum absolute atomic E-state index is 4.47. The molecular weight excluding hydrogens is 338 g/mol. The summed E-state index contributed by atoms with van der Waals surface area (Å²) in [6.07, 6.45) is 5.50. The number of piperazine rings is 1. The van der Waals surface area contributed by atoms with Crippen molar-refractivity contribution in [3.05, 3.63) is 60.8 Å². The summed E-state index contributed by atoms with van der Waals surface area (Å²) in [5.41, 5.74) is 2.23. The number of H-pyrrole nitrogens is 1. The zero-order chi connectivity index (χ0) is 18.3. The first-order valence-electron chi connectivity index (χ1n) is 9.43. The predicted octanol–water partition coefficient (Wildman–Crippen LogP) is 1.78. The second kappa shape index (κ2) is 8.75. The number of imidazole rings is 1. The minimum atomic E-state index is 0.755. The highest BCUT2D eigenvalue weighted by Crippen LogP contribution is 2.15. The summed E-state index contributed by atoms with van der Waals surface area (Å²) >= 11 is 0. The zero-order valence-corrected chi connectivity index (χ0v) is 15.4. The SMILES string of the molecule is c1ccc(-c2cnc(CNCCN3CCN(c4ncccn4)CC3)[nH]2)cc1. The lowest BCUT2D eigenvalue weighted by atomic mass is 10.2. The monoisotopic (exact) mass is 363 g/mol. The number of aromatic amines is 1. The summed E-state index contributed by atoms with van der Waals surface area (Å²) in [4.78, 5) is 21.2. The molecule has 4 rings (SSSR count). The molecule has 0 saturated carbocycles. The molecule has 3 aromatic rings. The van der Waals surface area contributed by atoms with Gasteiger partial charge in [0.05, 0.1) is 18.4 Å². The Morgan fingerprint density at radius 1 is 0.926 bits per heavy atom. The lowest BCUT2D eigenvalue weighted by Gasteiger charge is -2.34. The Bertz CT molecular complexity index is 811. The summed E-state index contributed by atoms with van der Waals surface area (Å²) in [6.45, 7) is 6.77. The number of nitrogens with zero attached hydrogens (tertiary/aromatic N) is 5. The first-order valence-corrected chi connectivity index (χ1v) is 9.43. The Kier molecular flexibility index (Phi) is 5.71. The minimum absolute atomic E-state index is 0.755. The van der Waals surface area contributed by atoms with Crippen LogP contribution in [0, 0.1) is 0 Å². The molecule has 1 saturated heterocycles. The second-order valence-electron chi connectivity index (χ2n) is 6.66. The minimum Gasteiger partial charge on any atom is -0.341 e. The molecule has 2 N–H and O–H groups in total. The molecule has 0 spiro atoms. The lowest BCUT2D eigenvalue weighted by Crippen LogP contribution is -2.48. The van der Waals surface area contributed by atoms with Crippen molar-refractivity contribution in [2.24, 2.45) is 0 Å². The fourth-order valence-electron chi connectivity index (χ4n) is 3.29. The molecule has 2 aromatic heterocycles. The predicted molar refractivity (Wildman–Crippen MR) is 106 cm³/mol. The molecule has 27 heavy (non-hydrogen) atoms. The van der Waals surface area contributed by atoms with Crippen molar-refractivity contribution >= 4 is 5.95 Å². The van der Waals surface area contributed by atoms with Gasteiger partial charge in [-0.25, -0.2) is 15.0 Å². The van der Waals surface area contributed by atoms with Gasteiger partial charge in [0.25, 0.3) is 0 Å². The summed E-state index contributed by atoms with van der Waals surface area (Å²) in [6, 6.07) is 12.1. The molecule has 0 atom stereocenters. The molecule has 1 aliphatic heterocycles. The Hall–Kier alpha value is -2.77. The van der Waals surface area contributed by atoms with E-state index in [0.29, 0.717) is 0 Å². The van der Waals surface area contributed by atoms with Gasteiger partial charge in [-0.15, -0.1) is 0 Å². The summed E-state index contributed by atoms with van der Waals surface area (Å²) < 4.78 is 0. The van der Waals surface area contributed by atoms with Crippen molar-refractivity contribution in [2.45, 2.75) is 6.54 Å². The first-order chi connectivity index (χ1) is 13.4. The first kappa shape index (κ1) is 17.6. The van der Waals surface area contributed by atoms with E-state index in [9.17, 15) is 0 Å². The van der Waals surface area contributed by atoms with Crippen LogP contribution in [0.15, 0.2) is 55.0 Å². The molecule has 3 heterocycles. The van der Waals surface area contributed by atoms with Crippen molar-refractivity contribution in [2.75, 3.05) is 44.2 Å². The zero-order valence-electron chi connectivity index (χ0n) is 15.4. The average Bonchev–Trinajstić information content (AvgIpc) is 3.22. The van der Waals surface area contributed by atoms with Crippen molar-refractivity contribution in [3.63, 3.8) is 0 Å². The molecule has 7 nitrogen and oxygen atoms in total. The van der Waals surface area contributed by atoms with E-state index in [4.69, 9.17) is 0 Å². The van der Waals surface area contributed by atoms with Crippen molar-refractivity contribution in [3.8, 4) is 11.3 Å². The number of rotatable bonds is 7. The normalized spacial score (nSPS) is 15.2. The van der Waals surface area contributed by atoms with Gasteiger partial charge in [-0.05, 0) is 11.6 Å². The summed E-state index contributed by atoms with van der Waals surface area (Å²) in [5.74, 6) is 1.81. The number of hydrogen-bond acceptors (Lipinski definition) is 6. The molecule has 0 bridgehead atoms. The third kappa shape index (κ3) is 4.69. The van der Waals surface area contributed by atoms with Crippen LogP contribution in [0.5, 0.6) is 0 Å². The van der Waals surface area contributed by atoms with Crippen molar-refractivity contribution in [1.82, 2.24) is 30.2 Å². The molecule has 140 valence electrons. The van der Waals surface area contributed by atoms with Crippen LogP contribution in [0.2, 0.25) is 0 Å². The third-order valence-electron chi connectivity index (χ3n) is 4.82. The van der Waals surface area contributed by atoms with Gasteiger partial charge < -0.3 is 15.2 Å². The van der Waals surface area contributed by atoms with Gasteiger partial charge in [0, 0.05) is 51.7 Å². The fourth-order valence-corrected chi connectivity index (χ4v) is 3.29. The van der Waals surface area contributed by atoms with Crippen molar-refractivity contribution < 1.29 is 0 Å². The Balaban J connectivity index is 1.17. The Morgan fingerprint density at radius 3 is 2.48 bits per heavy atom. The van der Waals surface area contributed by atoms with E-state index >= 15 is 0 Å². The third-order valence-corrected chi connectivity index (χ3v) is 4.82. The number of benzene rings is 1. The highest BCUT2D eigenvalue weighted by Gasteiger charge is 2.18. The van der Waals surface area contributed by atoms with Crippen LogP contribution in [0.3, 0.4) is 0 Å². The van der Waals surface area contributed by atoms with Gasteiger partial charge in [-0.2, -0.15) is 0 Å². The lowest BCUT2D eigenvalue weighted by molar-refractivity contribution is 0.256. The van der Waals surface area contributed by atoms with Crippen LogP contribution in [0.25, 0.3) is 11.3 Å². The van der Waals surface area contributed by atoms with Crippen LogP contribution in [0.1, 0.15) is 5.82 Å². The van der Waals surface area contributed by atoms with E-state index in [1.807, 2.05) is 30.5 Å². The molecule has 0 radical (unpaired) electrons. The molecule has 1 aromatic carbocycles. The van der Waals surface area contributed by atoms with E-state index in [1.165, 1.54) is 0 Å². The van der Waals surface area contributed by atoms with Crippen molar-refractivity contribution in [1.29, 1.82) is 0 Å². The average molecular weight is 363 g/mol. The van der Waals surface area contributed by atoms with Crippen LogP contribution >= 0.6 is 0 Å². The highest BCUT2D eigenvalue weighted by atomic mass is 15.3. The number of aromatic nitrogens is 4. The Morgan fingerprint density at radius 2 is 1.70 bits per heavy atom. The van der Waals surface area contributed by atoms with Gasteiger partial charge in [-0.3, -0.25) is 4.90 Å². The van der Waals surface area contributed by atoms with E-state index in [-0.39, 0.29) is 0 Å². The Labute approximate surface area is 159 Å². The molecule has 7 heteroatoms. The topological polar surface area (TPSA) is 73.0 Å².